The molecule has 1 aromatic carbocycles. The molecule has 2 heterocycles. The van der Waals surface area contributed by atoms with Crippen molar-refractivity contribution in [3.05, 3.63) is 34.3 Å². The molecule has 0 saturated carbocycles. The van der Waals surface area contributed by atoms with E-state index in [0.717, 1.165) is 22.0 Å². The maximum atomic E-state index is 12.3. The van der Waals surface area contributed by atoms with Gasteiger partial charge in [0.1, 0.15) is 12.4 Å². The van der Waals surface area contributed by atoms with E-state index in [2.05, 4.69) is 14.9 Å². The number of carbonyl (C=O) groups is 2. The molecule has 0 aliphatic carbocycles. The van der Waals surface area contributed by atoms with E-state index in [9.17, 15) is 9.59 Å². The molecule has 0 radical (unpaired) electrons. The fourth-order valence-electron chi connectivity index (χ4n) is 2.87. The summed E-state index contributed by atoms with van der Waals surface area (Å²) in [5.74, 6) is 0.586. The number of aryl methyl sites for hydroxylation is 1. The zero-order valence-corrected chi connectivity index (χ0v) is 16.7. The Hall–Kier alpha value is -2.68. The molecule has 0 spiro atoms. The smallest absolute Gasteiger partial charge is 0.253 e. The molecule has 144 valence electrons. The van der Waals surface area contributed by atoms with E-state index in [-0.39, 0.29) is 17.9 Å². The van der Waals surface area contributed by atoms with Gasteiger partial charge in [-0.3, -0.25) is 9.59 Å². The van der Waals surface area contributed by atoms with Gasteiger partial charge in [0.2, 0.25) is 5.91 Å². The van der Waals surface area contributed by atoms with Gasteiger partial charge in [-0.1, -0.05) is 4.49 Å². The molecular weight excluding hydrogens is 366 g/mol. The predicted octanol–water partition coefficient (Wildman–Crippen LogP) is 1.45. The third-order valence-corrected chi connectivity index (χ3v) is 5.41. The van der Waals surface area contributed by atoms with Crippen LogP contribution in [0, 0.1) is 6.92 Å². The van der Waals surface area contributed by atoms with Gasteiger partial charge in [-0.15, -0.1) is 5.10 Å². The van der Waals surface area contributed by atoms with E-state index in [4.69, 9.17) is 4.74 Å². The van der Waals surface area contributed by atoms with E-state index in [0.29, 0.717) is 25.1 Å². The van der Waals surface area contributed by atoms with Crippen LogP contribution in [0.4, 0.5) is 5.69 Å². The Bertz CT molecular complexity index is 851. The van der Waals surface area contributed by atoms with Crippen LogP contribution in [0.15, 0.2) is 18.2 Å². The highest BCUT2D eigenvalue weighted by atomic mass is 32.1. The summed E-state index contributed by atoms with van der Waals surface area (Å²) >= 11 is 1.29. The molecule has 0 saturated heterocycles. The molecule has 27 heavy (non-hydrogen) atoms. The number of ether oxygens (including phenoxy) is 1. The molecule has 1 aliphatic heterocycles. The standard InChI is InChI=1S/C18H23N5O3S/c1-11-16(27-21-20-11)9-19-17(24)8-13-10-26-15-6-5-12(18(25)22(2)3)7-14(15)23(13)4/h5-7,13H,8-10H2,1-4H3,(H,19,24). The van der Waals surface area contributed by atoms with Crippen molar-refractivity contribution in [2.45, 2.75) is 25.9 Å². The van der Waals surface area contributed by atoms with Gasteiger partial charge in [0.05, 0.1) is 35.3 Å². The number of nitrogens with zero attached hydrogens (tertiary/aromatic N) is 4. The predicted molar refractivity (Wildman–Crippen MR) is 103 cm³/mol. The van der Waals surface area contributed by atoms with Crippen LogP contribution >= 0.6 is 11.5 Å². The largest absolute Gasteiger partial charge is 0.489 e. The second-order valence-electron chi connectivity index (χ2n) is 6.72. The third-order valence-electron chi connectivity index (χ3n) is 4.58. The lowest BCUT2D eigenvalue weighted by Gasteiger charge is -2.35. The van der Waals surface area contributed by atoms with E-state index in [1.165, 1.54) is 16.4 Å². The molecule has 0 bridgehead atoms. The van der Waals surface area contributed by atoms with E-state index in [1.54, 1.807) is 26.2 Å². The summed E-state index contributed by atoms with van der Waals surface area (Å²) in [6, 6.07) is 5.27. The van der Waals surface area contributed by atoms with Gasteiger partial charge in [0, 0.05) is 26.7 Å². The monoisotopic (exact) mass is 389 g/mol. The van der Waals surface area contributed by atoms with Crippen LogP contribution < -0.4 is 15.0 Å². The fourth-order valence-corrected chi connectivity index (χ4v) is 3.45. The lowest BCUT2D eigenvalue weighted by molar-refractivity contribution is -0.121. The molecule has 1 aliphatic rings. The van der Waals surface area contributed by atoms with Gasteiger partial charge in [-0.2, -0.15) is 0 Å². The first-order chi connectivity index (χ1) is 12.9. The molecule has 8 nitrogen and oxygen atoms in total. The van der Waals surface area contributed by atoms with Crippen molar-refractivity contribution in [3.63, 3.8) is 0 Å². The summed E-state index contributed by atoms with van der Waals surface area (Å²) in [4.78, 5) is 29.1. The zero-order chi connectivity index (χ0) is 19.6. The van der Waals surface area contributed by atoms with Crippen LogP contribution in [0.3, 0.4) is 0 Å². The highest BCUT2D eigenvalue weighted by molar-refractivity contribution is 7.05. The van der Waals surface area contributed by atoms with E-state index < -0.39 is 0 Å². The maximum absolute atomic E-state index is 12.3. The molecule has 1 atom stereocenters. The molecule has 1 aromatic heterocycles. The third kappa shape index (κ3) is 4.19. The molecule has 3 rings (SSSR count). The highest BCUT2D eigenvalue weighted by Crippen LogP contribution is 2.34. The Morgan fingerprint density at radius 1 is 1.41 bits per heavy atom. The Labute approximate surface area is 162 Å². The molecule has 9 heteroatoms. The average molecular weight is 389 g/mol. The van der Waals surface area contributed by atoms with Crippen molar-refractivity contribution in [1.29, 1.82) is 0 Å². The number of nitrogens with one attached hydrogen (secondary N) is 1. The number of benzene rings is 1. The summed E-state index contributed by atoms with van der Waals surface area (Å²) < 4.78 is 9.68. The first-order valence-corrected chi connectivity index (χ1v) is 9.40. The van der Waals surface area contributed by atoms with Crippen molar-refractivity contribution >= 4 is 29.0 Å². The Balaban J connectivity index is 1.65. The van der Waals surface area contributed by atoms with Gasteiger partial charge >= 0.3 is 0 Å². The van der Waals surface area contributed by atoms with Gasteiger partial charge in [0.25, 0.3) is 5.91 Å². The Kier molecular flexibility index (Phi) is 5.59. The normalized spacial score (nSPS) is 15.7. The Morgan fingerprint density at radius 2 is 2.19 bits per heavy atom. The molecule has 2 amide bonds. The number of anilines is 1. The summed E-state index contributed by atoms with van der Waals surface area (Å²) in [7, 11) is 5.35. The van der Waals surface area contributed by atoms with Crippen molar-refractivity contribution in [3.8, 4) is 5.75 Å². The molecule has 1 unspecified atom stereocenters. The number of amides is 2. The summed E-state index contributed by atoms with van der Waals surface area (Å²) in [6.07, 6.45) is 0.299. The fraction of sp³-hybridized carbons (Fsp3) is 0.444. The van der Waals surface area contributed by atoms with Crippen LogP contribution in [-0.2, 0) is 11.3 Å². The van der Waals surface area contributed by atoms with Crippen LogP contribution in [0.2, 0.25) is 0 Å². The Morgan fingerprint density at radius 3 is 2.85 bits per heavy atom. The number of hydrogen-bond acceptors (Lipinski definition) is 7. The molecule has 1 N–H and O–H groups in total. The average Bonchev–Trinajstić information content (AvgIpc) is 3.06. The lowest BCUT2D eigenvalue weighted by Crippen LogP contribution is -2.43. The molecular formula is C18H23N5O3S. The first-order valence-electron chi connectivity index (χ1n) is 8.62. The second kappa shape index (κ2) is 7.91. The summed E-state index contributed by atoms with van der Waals surface area (Å²) in [6.45, 7) is 2.72. The van der Waals surface area contributed by atoms with Gasteiger partial charge < -0.3 is 19.9 Å². The zero-order valence-electron chi connectivity index (χ0n) is 15.9. The van der Waals surface area contributed by atoms with Gasteiger partial charge in [-0.05, 0) is 36.7 Å². The SMILES string of the molecule is Cc1nnsc1CNC(=O)CC1COc2ccc(C(=O)N(C)C)cc2N1C. The van der Waals surface area contributed by atoms with Crippen molar-refractivity contribution in [2.24, 2.45) is 0 Å². The number of carbonyl (C=O) groups excluding carboxylic acids is 2. The van der Waals surface area contributed by atoms with Crippen LogP contribution in [0.5, 0.6) is 5.75 Å². The first kappa shape index (κ1) is 19.1. The summed E-state index contributed by atoms with van der Waals surface area (Å²) in [5, 5.41) is 6.85. The van der Waals surface area contributed by atoms with Crippen LogP contribution in [0.1, 0.15) is 27.3 Å². The topological polar surface area (TPSA) is 87.7 Å². The number of rotatable bonds is 5. The number of hydrogen-bond donors (Lipinski definition) is 1. The van der Waals surface area contributed by atoms with Gasteiger partial charge in [-0.25, -0.2) is 0 Å². The molecule has 0 fully saturated rings. The van der Waals surface area contributed by atoms with Crippen molar-refractivity contribution < 1.29 is 14.3 Å². The lowest BCUT2D eigenvalue weighted by atomic mass is 10.1. The van der Waals surface area contributed by atoms with E-state index >= 15 is 0 Å². The quantitative estimate of drug-likeness (QED) is 0.833. The van der Waals surface area contributed by atoms with Crippen LogP contribution in [-0.4, -0.2) is 60.1 Å². The van der Waals surface area contributed by atoms with Crippen molar-refractivity contribution in [1.82, 2.24) is 19.8 Å². The van der Waals surface area contributed by atoms with Crippen molar-refractivity contribution in [2.75, 3.05) is 32.6 Å². The minimum absolute atomic E-state index is 0.0628. The van der Waals surface area contributed by atoms with E-state index in [1.807, 2.05) is 24.9 Å². The highest BCUT2D eigenvalue weighted by Gasteiger charge is 2.27. The van der Waals surface area contributed by atoms with Gasteiger partial charge in [0.15, 0.2) is 0 Å². The summed E-state index contributed by atoms with van der Waals surface area (Å²) in [5.41, 5.74) is 2.24. The minimum Gasteiger partial charge on any atom is -0.489 e. The maximum Gasteiger partial charge on any atom is 0.253 e. The minimum atomic E-state index is -0.108. The molecule has 2 aromatic rings. The number of fused-ring (bicyclic) bond motifs is 1. The second-order valence-corrected chi connectivity index (χ2v) is 7.56. The number of aromatic nitrogens is 2. The van der Waals surface area contributed by atoms with Crippen LogP contribution in [0.25, 0.3) is 0 Å². The number of likely N-dealkylation sites (N-methyl/N-ethyl adjacent to an activating group) is 1.